The van der Waals surface area contributed by atoms with Crippen LogP contribution in [0.3, 0.4) is 0 Å². The van der Waals surface area contributed by atoms with Crippen molar-refractivity contribution in [3.63, 3.8) is 0 Å². The number of aromatic nitrogens is 2. The van der Waals surface area contributed by atoms with Gasteiger partial charge in [-0.05, 0) is 18.1 Å². The lowest BCUT2D eigenvalue weighted by Gasteiger charge is -2.07. The maximum Gasteiger partial charge on any atom is 0.137 e. The molecular formula is C13H10Cl2F2N2. The Bertz CT molecular complexity index is 595. The zero-order valence-corrected chi connectivity index (χ0v) is 11.6. The molecule has 0 bridgehead atoms. The lowest BCUT2D eigenvalue weighted by atomic mass is 10.1. The van der Waals surface area contributed by atoms with E-state index in [0.717, 1.165) is 6.07 Å². The Labute approximate surface area is 119 Å². The van der Waals surface area contributed by atoms with Crippen LogP contribution in [0.2, 0.25) is 10.3 Å². The molecule has 1 aromatic carbocycles. The Morgan fingerprint density at radius 3 is 2.26 bits per heavy atom. The average Bonchev–Trinajstić information content (AvgIpc) is 2.32. The van der Waals surface area contributed by atoms with E-state index in [9.17, 15) is 8.78 Å². The van der Waals surface area contributed by atoms with Crippen molar-refractivity contribution in [2.24, 2.45) is 0 Å². The first kappa shape index (κ1) is 14.2. The molecule has 19 heavy (non-hydrogen) atoms. The van der Waals surface area contributed by atoms with E-state index < -0.39 is 11.6 Å². The van der Waals surface area contributed by atoms with Gasteiger partial charge in [-0.2, -0.15) is 0 Å². The molecule has 2 aromatic rings. The molecule has 2 nitrogen and oxygen atoms in total. The molecule has 0 saturated carbocycles. The van der Waals surface area contributed by atoms with Gasteiger partial charge in [0, 0.05) is 18.1 Å². The van der Waals surface area contributed by atoms with Crippen LogP contribution in [0.5, 0.6) is 0 Å². The fourth-order valence-corrected chi connectivity index (χ4v) is 2.37. The summed E-state index contributed by atoms with van der Waals surface area (Å²) >= 11 is 12.0. The standard InChI is InChI=1S/C13H10Cl2F2N2/c1-2-9-12(14)18-11(19-13(9)15)5-7-3-4-8(16)6-10(7)17/h3-4,6H,2,5H2,1H3. The van der Waals surface area contributed by atoms with E-state index in [0.29, 0.717) is 17.8 Å². The monoisotopic (exact) mass is 302 g/mol. The highest BCUT2D eigenvalue weighted by molar-refractivity contribution is 6.34. The second-order valence-electron chi connectivity index (χ2n) is 3.97. The lowest BCUT2D eigenvalue weighted by molar-refractivity contribution is 0.573. The molecule has 0 fully saturated rings. The highest BCUT2D eigenvalue weighted by Gasteiger charge is 2.12. The van der Waals surface area contributed by atoms with Crippen LogP contribution in [-0.4, -0.2) is 9.97 Å². The molecule has 2 rings (SSSR count). The Kier molecular flexibility index (Phi) is 4.32. The van der Waals surface area contributed by atoms with Gasteiger partial charge in [-0.25, -0.2) is 18.7 Å². The Hall–Kier alpha value is -1.26. The van der Waals surface area contributed by atoms with Gasteiger partial charge >= 0.3 is 0 Å². The zero-order valence-electron chi connectivity index (χ0n) is 10.1. The first-order chi connectivity index (χ1) is 9.01. The molecule has 0 radical (unpaired) electrons. The maximum atomic E-state index is 13.5. The van der Waals surface area contributed by atoms with Gasteiger partial charge in [0.1, 0.15) is 27.8 Å². The fraction of sp³-hybridized carbons (Fsp3) is 0.231. The Balaban J connectivity index is 2.33. The zero-order chi connectivity index (χ0) is 14.0. The number of halogens is 4. The SMILES string of the molecule is CCc1c(Cl)nc(Cc2ccc(F)cc2F)nc1Cl. The van der Waals surface area contributed by atoms with Crippen LogP contribution in [0.15, 0.2) is 18.2 Å². The van der Waals surface area contributed by atoms with Crippen LogP contribution >= 0.6 is 23.2 Å². The van der Waals surface area contributed by atoms with Crippen molar-refractivity contribution in [1.29, 1.82) is 0 Å². The molecule has 0 amide bonds. The molecule has 0 aliphatic rings. The molecule has 0 atom stereocenters. The minimum Gasteiger partial charge on any atom is -0.220 e. The van der Waals surface area contributed by atoms with Crippen molar-refractivity contribution in [3.8, 4) is 0 Å². The van der Waals surface area contributed by atoms with Gasteiger partial charge in [0.05, 0.1) is 0 Å². The minimum absolute atomic E-state index is 0.107. The summed E-state index contributed by atoms with van der Waals surface area (Å²) in [7, 11) is 0. The topological polar surface area (TPSA) is 25.8 Å². The van der Waals surface area contributed by atoms with Gasteiger partial charge in [0.2, 0.25) is 0 Å². The minimum atomic E-state index is -0.643. The van der Waals surface area contributed by atoms with Gasteiger partial charge in [-0.3, -0.25) is 0 Å². The summed E-state index contributed by atoms with van der Waals surface area (Å²) in [6.07, 6.45) is 0.721. The second-order valence-corrected chi connectivity index (χ2v) is 4.68. The number of hydrogen-bond donors (Lipinski definition) is 0. The van der Waals surface area contributed by atoms with E-state index in [1.54, 1.807) is 0 Å². The normalized spacial score (nSPS) is 10.8. The van der Waals surface area contributed by atoms with Crippen molar-refractivity contribution in [3.05, 3.63) is 57.1 Å². The molecule has 0 spiro atoms. The van der Waals surface area contributed by atoms with E-state index in [4.69, 9.17) is 23.2 Å². The van der Waals surface area contributed by atoms with Crippen molar-refractivity contribution in [1.82, 2.24) is 9.97 Å². The van der Waals surface area contributed by atoms with Gasteiger partial charge < -0.3 is 0 Å². The molecular weight excluding hydrogens is 293 g/mol. The summed E-state index contributed by atoms with van der Waals surface area (Å²) < 4.78 is 26.3. The number of rotatable bonds is 3. The van der Waals surface area contributed by atoms with E-state index in [1.807, 2.05) is 6.92 Å². The van der Waals surface area contributed by atoms with Crippen LogP contribution < -0.4 is 0 Å². The molecule has 0 aliphatic carbocycles. The lowest BCUT2D eigenvalue weighted by Crippen LogP contribution is -2.02. The molecule has 0 aliphatic heterocycles. The van der Waals surface area contributed by atoms with Crippen molar-refractivity contribution >= 4 is 23.2 Å². The van der Waals surface area contributed by atoms with E-state index in [2.05, 4.69) is 9.97 Å². The molecule has 1 aromatic heterocycles. The Morgan fingerprint density at radius 1 is 1.11 bits per heavy atom. The van der Waals surface area contributed by atoms with Crippen LogP contribution in [0.4, 0.5) is 8.78 Å². The number of hydrogen-bond acceptors (Lipinski definition) is 2. The van der Waals surface area contributed by atoms with Crippen LogP contribution in [0, 0.1) is 11.6 Å². The summed E-state index contributed by atoms with van der Waals surface area (Å²) in [4.78, 5) is 8.15. The van der Waals surface area contributed by atoms with Crippen LogP contribution in [0.1, 0.15) is 23.9 Å². The Morgan fingerprint density at radius 2 is 1.74 bits per heavy atom. The van der Waals surface area contributed by atoms with Gasteiger partial charge in [-0.1, -0.05) is 36.2 Å². The molecule has 0 N–H and O–H groups in total. The second kappa shape index (κ2) is 5.80. The first-order valence-corrected chi connectivity index (χ1v) is 6.41. The maximum absolute atomic E-state index is 13.5. The quantitative estimate of drug-likeness (QED) is 0.794. The van der Waals surface area contributed by atoms with E-state index >= 15 is 0 Å². The predicted molar refractivity (Wildman–Crippen MR) is 70.6 cm³/mol. The highest BCUT2D eigenvalue weighted by atomic mass is 35.5. The summed E-state index contributed by atoms with van der Waals surface area (Å²) in [5.41, 5.74) is 0.949. The van der Waals surface area contributed by atoms with Crippen molar-refractivity contribution in [2.75, 3.05) is 0 Å². The number of nitrogens with zero attached hydrogens (tertiary/aromatic N) is 2. The molecule has 0 saturated heterocycles. The van der Waals surface area contributed by atoms with Crippen LogP contribution in [-0.2, 0) is 12.8 Å². The third-order valence-electron chi connectivity index (χ3n) is 2.67. The molecule has 6 heteroatoms. The molecule has 100 valence electrons. The molecule has 0 unspecified atom stereocenters. The third-order valence-corrected chi connectivity index (χ3v) is 3.29. The summed E-state index contributed by atoms with van der Waals surface area (Å²) in [6.45, 7) is 1.88. The van der Waals surface area contributed by atoms with E-state index in [1.165, 1.54) is 12.1 Å². The summed E-state index contributed by atoms with van der Waals surface area (Å²) in [5.74, 6) is -0.965. The smallest absolute Gasteiger partial charge is 0.137 e. The van der Waals surface area contributed by atoms with Crippen LogP contribution in [0.25, 0.3) is 0 Å². The van der Waals surface area contributed by atoms with Gasteiger partial charge in [-0.15, -0.1) is 0 Å². The third kappa shape index (κ3) is 3.19. The van der Waals surface area contributed by atoms with Crippen molar-refractivity contribution < 1.29 is 8.78 Å². The first-order valence-electron chi connectivity index (χ1n) is 5.66. The predicted octanol–water partition coefficient (Wildman–Crippen LogP) is 4.21. The van der Waals surface area contributed by atoms with Gasteiger partial charge in [0.25, 0.3) is 0 Å². The van der Waals surface area contributed by atoms with Crippen molar-refractivity contribution in [2.45, 2.75) is 19.8 Å². The highest BCUT2D eigenvalue weighted by Crippen LogP contribution is 2.23. The number of benzene rings is 1. The fourth-order valence-electron chi connectivity index (χ4n) is 1.68. The average molecular weight is 303 g/mol. The van der Waals surface area contributed by atoms with E-state index in [-0.39, 0.29) is 22.3 Å². The molecule has 1 heterocycles. The largest absolute Gasteiger partial charge is 0.220 e. The van der Waals surface area contributed by atoms with Gasteiger partial charge in [0.15, 0.2) is 0 Å². The summed E-state index contributed by atoms with van der Waals surface area (Å²) in [6, 6.07) is 3.35. The summed E-state index contributed by atoms with van der Waals surface area (Å²) in [5, 5.41) is 0.528.